The van der Waals surface area contributed by atoms with Gasteiger partial charge in [-0.05, 0) is 12.8 Å². The minimum Gasteiger partial charge on any atom is -0.373 e. The predicted molar refractivity (Wildman–Crippen MR) is 35.4 cm³/mol. The fourth-order valence-electron chi connectivity index (χ4n) is 2.14. The second kappa shape index (κ2) is 2.35. The molecule has 0 radical (unpaired) electrons. The summed E-state index contributed by atoms with van der Waals surface area (Å²) >= 11 is 0. The Labute approximate surface area is 67.9 Å². The summed E-state index contributed by atoms with van der Waals surface area (Å²) in [5.41, 5.74) is 5.41. The molecule has 0 aromatic carbocycles. The molecule has 2 saturated heterocycles. The molecule has 2 fully saturated rings. The number of hydrogen-bond donors (Lipinski definition) is 1. The van der Waals surface area contributed by atoms with E-state index in [0.29, 0.717) is 12.8 Å². The van der Waals surface area contributed by atoms with E-state index in [9.17, 15) is 13.2 Å². The minimum absolute atomic E-state index is 0.360. The van der Waals surface area contributed by atoms with Crippen molar-refractivity contribution in [2.45, 2.75) is 37.3 Å². The Bertz CT molecular complexity index is 192. The summed E-state index contributed by atoms with van der Waals surface area (Å²) < 4.78 is 42.0. The van der Waals surface area contributed by atoms with E-state index in [0.717, 1.165) is 0 Å². The summed E-state index contributed by atoms with van der Waals surface area (Å²) in [6.07, 6.45) is -4.05. The molecular formula is C7H10F3NO. The highest BCUT2D eigenvalue weighted by Crippen LogP contribution is 2.45. The quantitative estimate of drug-likeness (QED) is 0.606. The highest BCUT2D eigenvalue weighted by atomic mass is 19.4. The standard InChI is InChI=1S/C7H10F3NO/c8-7(9,10)5-3-1-2-4(12-3)6(5)11/h3-6H,1-2,11H2/t3-,4-,5+,6+/m1/s1. The van der Waals surface area contributed by atoms with Crippen LogP contribution in [-0.2, 0) is 4.74 Å². The van der Waals surface area contributed by atoms with Crippen molar-refractivity contribution in [2.75, 3.05) is 0 Å². The fourth-order valence-corrected chi connectivity index (χ4v) is 2.14. The zero-order chi connectivity index (χ0) is 8.93. The topological polar surface area (TPSA) is 35.2 Å². The van der Waals surface area contributed by atoms with Crippen LogP contribution >= 0.6 is 0 Å². The minimum atomic E-state index is -4.20. The van der Waals surface area contributed by atoms with Gasteiger partial charge in [-0.3, -0.25) is 0 Å². The maximum Gasteiger partial charge on any atom is 0.395 e. The van der Waals surface area contributed by atoms with Gasteiger partial charge in [-0.2, -0.15) is 13.2 Å². The Morgan fingerprint density at radius 1 is 1.17 bits per heavy atom. The van der Waals surface area contributed by atoms with Crippen molar-refractivity contribution < 1.29 is 17.9 Å². The van der Waals surface area contributed by atoms with Crippen LogP contribution in [-0.4, -0.2) is 24.4 Å². The molecule has 2 N–H and O–H groups in total. The third-order valence-electron chi connectivity index (χ3n) is 2.71. The van der Waals surface area contributed by atoms with Crippen LogP contribution in [0.3, 0.4) is 0 Å². The average Bonchev–Trinajstić information content (AvgIpc) is 2.42. The van der Waals surface area contributed by atoms with Crippen molar-refractivity contribution in [3.05, 3.63) is 0 Å². The highest BCUT2D eigenvalue weighted by Gasteiger charge is 2.58. The molecular weight excluding hydrogens is 171 g/mol. The van der Waals surface area contributed by atoms with Crippen molar-refractivity contribution in [2.24, 2.45) is 11.7 Å². The molecule has 70 valence electrons. The lowest BCUT2D eigenvalue weighted by atomic mass is 9.85. The molecule has 4 atom stereocenters. The third-order valence-corrected chi connectivity index (χ3v) is 2.71. The van der Waals surface area contributed by atoms with Crippen LogP contribution in [0.5, 0.6) is 0 Å². The molecule has 0 saturated carbocycles. The normalized spacial score (nSPS) is 47.0. The van der Waals surface area contributed by atoms with Crippen LogP contribution in [0, 0.1) is 5.92 Å². The van der Waals surface area contributed by atoms with E-state index >= 15 is 0 Å². The first kappa shape index (κ1) is 8.31. The van der Waals surface area contributed by atoms with E-state index in [-0.39, 0.29) is 6.10 Å². The van der Waals surface area contributed by atoms with Crippen molar-refractivity contribution in [1.29, 1.82) is 0 Å². The first-order valence-corrected chi connectivity index (χ1v) is 3.98. The second-order valence-electron chi connectivity index (χ2n) is 3.44. The van der Waals surface area contributed by atoms with E-state index in [2.05, 4.69) is 0 Å². The number of fused-ring (bicyclic) bond motifs is 2. The Hall–Kier alpha value is -0.290. The number of nitrogens with two attached hydrogens (primary N) is 1. The van der Waals surface area contributed by atoms with E-state index in [4.69, 9.17) is 10.5 Å². The van der Waals surface area contributed by atoms with Gasteiger partial charge in [0.25, 0.3) is 0 Å². The molecule has 0 aliphatic carbocycles. The SMILES string of the molecule is N[C@@H]1[C@@H](C(F)(F)F)[C@H]2CC[C@H]1O2. The summed E-state index contributed by atoms with van der Waals surface area (Å²) in [5, 5.41) is 0. The van der Waals surface area contributed by atoms with Crippen LogP contribution in [0.25, 0.3) is 0 Å². The van der Waals surface area contributed by atoms with Crippen molar-refractivity contribution in [3.8, 4) is 0 Å². The Kier molecular flexibility index (Phi) is 1.63. The molecule has 0 spiro atoms. The molecule has 12 heavy (non-hydrogen) atoms. The van der Waals surface area contributed by atoms with Crippen LogP contribution in [0.4, 0.5) is 13.2 Å². The molecule has 0 unspecified atom stereocenters. The summed E-state index contributed by atoms with van der Waals surface area (Å²) in [4.78, 5) is 0. The fraction of sp³-hybridized carbons (Fsp3) is 1.00. The van der Waals surface area contributed by atoms with Gasteiger partial charge in [0, 0.05) is 6.04 Å². The smallest absolute Gasteiger partial charge is 0.373 e. The molecule has 2 heterocycles. The Balaban J connectivity index is 2.17. The number of halogens is 3. The third kappa shape index (κ3) is 1.03. The Morgan fingerprint density at radius 2 is 1.75 bits per heavy atom. The van der Waals surface area contributed by atoms with Gasteiger partial charge in [-0.15, -0.1) is 0 Å². The molecule has 0 amide bonds. The Morgan fingerprint density at radius 3 is 2.08 bits per heavy atom. The number of alkyl halides is 3. The lowest BCUT2D eigenvalue weighted by Gasteiger charge is -2.26. The number of rotatable bonds is 0. The summed E-state index contributed by atoms with van der Waals surface area (Å²) in [6.45, 7) is 0. The van der Waals surface area contributed by atoms with E-state index in [1.807, 2.05) is 0 Å². The van der Waals surface area contributed by atoms with Gasteiger partial charge in [0.05, 0.1) is 18.1 Å². The highest BCUT2D eigenvalue weighted by molar-refractivity contribution is 5.01. The molecule has 2 aliphatic heterocycles. The van der Waals surface area contributed by atoms with E-state index < -0.39 is 24.2 Å². The van der Waals surface area contributed by atoms with Gasteiger partial charge >= 0.3 is 6.18 Å². The largest absolute Gasteiger partial charge is 0.395 e. The lowest BCUT2D eigenvalue weighted by molar-refractivity contribution is -0.188. The molecule has 2 bridgehead atoms. The van der Waals surface area contributed by atoms with Crippen molar-refractivity contribution in [3.63, 3.8) is 0 Å². The maximum absolute atomic E-state index is 12.3. The van der Waals surface area contributed by atoms with Gasteiger partial charge in [0.2, 0.25) is 0 Å². The van der Waals surface area contributed by atoms with Crippen LogP contribution in [0.15, 0.2) is 0 Å². The van der Waals surface area contributed by atoms with Gasteiger partial charge < -0.3 is 10.5 Å². The molecule has 0 aromatic heterocycles. The van der Waals surface area contributed by atoms with Crippen molar-refractivity contribution in [1.82, 2.24) is 0 Å². The molecule has 2 nitrogen and oxygen atoms in total. The molecule has 5 heteroatoms. The van der Waals surface area contributed by atoms with Crippen LogP contribution in [0.1, 0.15) is 12.8 Å². The van der Waals surface area contributed by atoms with Crippen molar-refractivity contribution >= 4 is 0 Å². The summed E-state index contributed by atoms with van der Waals surface area (Å²) in [7, 11) is 0. The number of hydrogen-bond acceptors (Lipinski definition) is 2. The monoisotopic (exact) mass is 181 g/mol. The van der Waals surface area contributed by atoms with Gasteiger partial charge in [0.15, 0.2) is 0 Å². The van der Waals surface area contributed by atoms with Gasteiger partial charge in [0.1, 0.15) is 0 Å². The van der Waals surface area contributed by atoms with Gasteiger partial charge in [-0.25, -0.2) is 0 Å². The zero-order valence-corrected chi connectivity index (χ0v) is 6.34. The summed E-state index contributed by atoms with van der Waals surface area (Å²) in [6, 6.07) is -0.844. The maximum atomic E-state index is 12.3. The lowest BCUT2D eigenvalue weighted by Crippen LogP contribution is -2.47. The van der Waals surface area contributed by atoms with E-state index in [1.54, 1.807) is 0 Å². The van der Waals surface area contributed by atoms with Crippen LogP contribution < -0.4 is 5.73 Å². The first-order chi connectivity index (χ1) is 5.50. The predicted octanol–water partition coefficient (Wildman–Crippen LogP) is 1.05. The van der Waals surface area contributed by atoms with Crippen LogP contribution in [0.2, 0.25) is 0 Å². The molecule has 2 aliphatic rings. The first-order valence-electron chi connectivity index (χ1n) is 3.98. The summed E-state index contributed by atoms with van der Waals surface area (Å²) in [5.74, 6) is -1.43. The second-order valence-corrected chi connectivity index (χ2v) is 3.44. The molecule has 0 aromatic rings. The molecule has 2 rings (SSSR count). The zero-order valence-electron chi connectivity index (χ0n) is 6.34. The average molecular weight is 181 g/mol. The van der Waals surface area contributed by atoms with E-state index in [1.165, 1.54) is 0 Å². The van der Waals surface area contributed by atoms with Gasteiger partial charge in [-0.1, -0.05) is 0 Å². The number of ether oxygens (including phenoxy) is 1.